The molecule has 0 amide bonds. The zero-order valence-electron chi connectivity index (χ0n) is 12.3. The molecule has 1 N–H and O–H groups in total. The molecule has 2 rings (SSSR count). The van der Waals surface area contributed by atoms with Gasteiger partial charge >= 0.3 is 5.97 Å². The van der Waals surface area contributed by atoms with Crippen LogP contribution in [0.2, 0.25) is 0 Å². The average Bonchev–Trinajstić information content (AvgIpc) is 2.41. The average molecular weight is 280 g/mol. The van der Waals surface area contributed by atoms with E-state index in [-0.39, 0.29) is 0 Å². The van der Waals surface area contributed by atoms with E-state index in [2.05, 4.69) is 9.97 Å². The lowest BCUT2D eigenvalue weighted by molar-refractivity contribution is -0.150. The number of aromatic nitrogens is 2. The van der Waals surface area contributed by atoms with Crippen LogP contribution in [0.4, 0.5) is 11.8 Å². The maximum absolute atomic E-state index is 11.1. The molecule has 0 saturated carbocycles. The molecule has 0 radical (unpaired) electrons. The largest absolute Gasteiger partial charge is 0.479 e. The molecule has 1 aliphatic heterocycles. The van der Waals surface area contributed by atoms with Crippen molar-refractivity contribution in [2.45, 2.75) is 20.0 Å². The van der Waals surface area contributed by atoms with Gasteiger partial charge in [0.25, 0.3) is 0 Å². The second-order valence-corrected chi connectivity index (χ2v) is 5.10. The Labute approximate surface area is 118 Å². The molecule has 1 fully saturated rings. The summed E-state index contributed by atoms with van der Waals surface area (Å²) in [6.45, 7) is 5.21. The van der Waals surface area contributed by atoms with Gasteiger partial charge in [0.2, 0.25) is 5.95 Å². The van der Waals surface area contributed by atoms with Crippen LogP contribution in [-0.2, 0) is 9.53 Å². The summed E-state index contributed by atoms with van der Waals surface area (Å²) in [6.07, 6.45) is -0.804. The highest BCUT2D eigenvalue weighted by Gasteiger charge is 2.28. The van der Waals surface area contributed by atoms with E-state index in [1.54, 1.807) is 0 Å². The number of aliphatic carboxylic acids is 1. The fourth-order valence-electron chi connectivity index (χ4n) is 2.10. The molecule has 0 aliphatic carbocycles. The molecule has 7 heteroatoms. The molecule has 110 valence electrons. The van der Waals surface area contributed by atoms with Gasteiger partial charge in [-0.05, 0) is 13.8 Å². The quantitative estimate of drug-likeness (QED) is 0.861. The molecule has 0 spiro atoms. The zero-order chi connectivity index (χ0) is 14.9. The number of anilines is 2. The molecule has 1 aliphatic rings. The Bertz CT molecular complexity index is 519. The van der Waals surface area contributed by atoms with Crippen molar-refractivity contribution in [3.8, 4) is 0 Å². The third-order valence-electron chi connectivity index (χ3n) is 3.39. The minimum absolute atomic E-state index is 0.305. The first-order valence-corrected chi connectivity index (χ1v) is 6.52. The lowest BCUT2D eigenvalue weighted by atomic mass is 10.2. The van der Waals surface area contributed by atoms with Gasteiger partial charge in [-0.3, -0.25) is 0 Å². The highest BCUT2D eigenvalue weighted by Crippen LogP contribution is 2.24. The molecule has 1 aromatic rings. The number of hydrogen-bond donors (Lipinski definition) is 1. The smallest absolute Gasteiger partial charge is 0.334 e. The van der Waals surface area contributed by atoms with Gasteiger partial charge in [0.15, 0.2) is 6.10 Å². The third kappa shape index (κ3) is 2.82. The topological polar surface area (TPSA) is 78.8 Å². The van der Waals surface area contributed by atoms with E-state index < -0.39 is 12.1 Å². The van der Waals surface area contributed by atoms with Crippen LogP contribution in [0.1, 0.15) is 11.3 Å². The summed E-state index contributed by atoms with van der Waals surface area (Å²) in [5, 5.41) is 9.08. The number of carbonyl (C=O) groups is 1. The molecule has 1 aromatic heterocycles. The van der Waals surface area contributed by atoms with Crippen molar-refractivity contribution >= 4 is 17.7 Å². The van der Waals surface area contributed by atoms with Crippen molar-refractivity contribution in [3.05, 3.63) is 11.3 Å². The highest BCUT2D eigenvalue weighted by molar-refractivity contribution is 5.73. The monoisotopic (exact) mass is 280 g/mol. The maximum atomic E-state index is 11.1. The van der Waals surface area contributed by atoms with Crippen LogP contribution >= 0.6 is 0 Å². The van der Waals surface area contributed by atoms with Gasteiger partial charge in [0.05, 0.1) is 13.2 Å². The van der Waals surface area contributed by atoms with E-state index in [1.807, 2.05) is 37.7 Å². The Hall–Kier alpha value is -1.89. The maximum Gasteiger partial charge on any atom is 0.334 e. The first kappa shape index (κ1) is 14.5. The van der Waals surface area contributed by atoms with Crippen molar-refractivity contribution < 1.29 is 14.6 Å². The molecule has 1 unspecified atom stereocenters. The van der Waals surface area contributed by atoms with Gasteiger partial charge in [-0.2, -0.15) is 4.98 Å². The first-order valence-electron chi connectivity index (χ1n) is 6.52. The summed E-state index contributed by atoms with van der Waals surface area (Å²) in [5.41, 5.74) is 1.87. The predicted molar refractivity (Wildman–Crippen MR) is 75.4 cm³/mol. The van der Waals surface area contributed by atoms with Gasteiger partial charge in [-0.25, -0.2) is 9.78 Å². The Morgan fingerprint density at radius 2 is 2.10 bits per heavy atom. The Morgan fingerprint density at radius 3 is 2.70 bits per heavy atom. The first-order chi connectivity index (χ1) is 9.40. The van der Waals surface area contributed by atoms with Crippen LogP contribution in [0, 0.1) is 13.8 Å². The van der Waals surface area contributed by atoms with E-state index >= 15 is 0 Å². The van der Waals surface area contributed by atoms with Crippen LogP contribution in [0.3, 0.4) is 0 Å². The lowest BCUT2D eigenvalue weighted by Crippen LogP contribution is -2.46. The number of rotatable bonds is 3. The number of hydrogen-bond acceptors (Lipinski definition) is 6. The summed E-state index contributed by atoms with van der Waals surface area (Å²) < 4.78 is 5.24. The summed E-state index contributed by atoms with van der Waals surface area (Å²) in [5.74, 6) is 0.475. The number of nitrogens with zero attached hydrogens (tertiary/aromatic N) is 4. The van der Waals surface area contributed by atoms with E-state index in [0.717, 1.165) is 17.1 Å². The van der Waals surface area contributed by atoms with Gasteiger partial charge in [-0.1, -0.05) is 0 Å². The SMILES string of the molecule is Cc1nc(N(C)C)nc(N2CCOC(C(=O)O)C2)c1C. The van der Waals surface area contributed by atoms with Crippen molar-refractivity contribution in [1.82, 2.24) is 9.97 Å². The van der Waals surface area contributed by atoms with Crippen LogP contribution < -0.4 is 9.80 Å². The van der Waals surface area contributed by atoms with Crippen molar-refractivity contribution in [2.24, 2.45) is 0 Å². The number of aryl methyl sites for hydroxylation is 1. The molecule has 20 heavy (non-hydrogen) atoms. The number of carboxylic acids is 1. The van der Waals surface area contributed by atoms with Crippen LogP contribution in [0.5, 0.6) is 0 Å². The summed E-state index contributed by atoms with van der Waals surface area (Å²) in [4.78, 5) is 23.8. The molecule has 2 heterocycles. The van der Waals surface area contributed by atoms with Crippen molar-refractivity contribution in [3.63, 3.8) is 0 Å². The summed E-state index contributed by atoms with van der Waals surface area (Å²) in [7, 11) is 3.76. The zero-order valence-corrected chi connectivity index (χ0v) is 12.3. The standard InChI is InChI=1S/C13H20N4O3/c1-8-9(2)14-13(16(3)4)15-11(8)17-5-6-20-10(7-17)12(18)19/h10H,5-7H2,1-4H3,(H,18,19). The van der Waals surface area contributed by atoms with E-state index in [0.29, 0.717) is 25.6 Å². The number of carboxylic acid groups (broad SMARTS) is 1. The number of morpholine rings is 1. The molecular weight excluding hydrogens is 260 g/mol. The summed E-state index contributed by atoms with van der Waals surface area (Å²) in [6, 6.07) is 0. The van der Waals surface area contributed by atoms with Crippen molar-refractivity contribution in [1.29, 1.82) is 0 Å². The molecule has 1 saturated heterocycles. The number of ether oxygens (including phenoxy) is 1. The Morgan fingerprint density at radius 1 is 1.40 bits per heavy atom. The van der Waals surface area contributed by atoms with Gasteiger partial charge in [0, 0.05) is 31.9 Å². The Balaban J connectivity index is 2.33. The van der Waals surface area contributed by atoms with Crippen LogP contribution in [-0.4, -0.2) is 60.9 Å². The molecule has 0 aromatic carbocycles. The van der Waals surface area contributed by atoms with E-state index in [9.17, 15) is 4.79 Å². The molecule has 1 atom stereocenters. The second kappa shape index (κ2) is 5.62. The van der Waals surface area contributed by atoms with Gasteiger partial charge in [-0.15, -0.1) is 0 Å². The van der Waals surface area contributed by atoms with E-state index in [4.69, 9.17) is 9.84 Å². The normalized spacial score (nSPS) is 19.0. The summed E-state index contributed by atoms with van der Waals surface area (Å²) >= 11 is 0. The fourth-order valence-corrected chi connectivity index (χ4v) is 2.10. The van der Waals surface area contributed by atoms with Crippen molar-refractivity contribution in [2.75, 3.05) is 43.6 Å². The lowest BCUT2D eigenvalue weighted by Gasteiger charge is -2.33. The molecule has 7 nitrogen and oxygen atoms in total. The molecule has 0 bridgehead atoms. The van der Waals surface area contributed by atoms with Crippen LogP contribution in [0.15, 0.2) is 0 Å². The second-order valence-electron chi connectivity index (χ2n) is 5.10. The highest BCUT2D eigenvalue weighted by atomic mass is 16.5. The fraction of sp³-hybridized carbons (Fsp3) is 0.615. The Kier molecular flexibility index (Phi) is 4.08. The minimum Gasteiger partial charge on any atom is -0.479 e. The molecular formula is C13H20N4O3. The third-order valence-corrected chi connectivity index (χ3v) is 3.39. The van der Waals surface area contributed by atoms with Gasteiger partial charge in [0.1, 0.15) is 5.82 Å². The minimum atomic E-state index is -0.939. The van der Waals surface area contributed by atoms with Crippen LogP contribution in [0.25, 0.3) is 0 Å². The van der Waals surface area contributed by atoms with Gasteiger partial charge < -0.3 is 19.6 Å². The van der Waals surface area contributed by atoms with E-state index in [1.165, 1.54) is 0 Å². The predicted octanol–water partition coefficient (Wildman–Crippen LogP) is 0.449.